The summed E-state index contributed by atoms with van der Waals surface area (Å²) in [4.78, 5) is 16.1. The van der Waals surface area contributed by atoms with Crippen molar-refractivity contribution in [3.05, 3.63) is 59.9 Å². The van der Waals surface area contributed by atoms with Gasteiger partial charge < -0.3 is 5.32 Å². The van der Waals surface area contributed by atoms with Crippen LogP contribution >= 0.6 is 0 Å². The maximum atomic E-state index is 12.9. The first-order valence-electron chi connectivity index (χ1n) is 9.87. The Morgan fingerprint density at radius 2 is 1.90 bits per heavy atom. The van der Waals surface area contributed by atoms with Gasteiger partial charge in [0, 0.05) is 36.3 Å². The first-order valence-corrected chi connectivity index (χ1v) is 11.4. The number of hydrogen-bond donors (Lipinski definition) is 3. The van der Waals surface area contributed by atoms with Crippen LogP contribution in [0.25, 0.3) is 10.8 Å². The Kier molecular flexibility index (Phi) is 4.73. The van der Waals surface area contributed by atoms with Crippen molar-refractivity contribution in [2.75, 3.05) is 6.54 Å². The maximum absolute atomic E-state index is 12.9. The van der Waals surface area contributed by atoms with Crippen molar-refractivity contribution < 1.29 is 13.2 Å². The summed E-state index contributed by atoms with van der Waals surface area (Å²) in [6, 6.07) is 12.7. The van der Waals surface area contributed by atoms with Gasteiger partial charge in [-0.15, -0.1) is 0 Å². The van der Waals surface area contributed by atoms with E-state index < -0.39 is 10.0 Å². The van der Waals surface area contributed by atoms with Crippen LogP contribution in [-0.4, -0.2) is 49.4 Å². The van der Waals surface area contributed by atoms with Crippen LogP contribution in [0.2, 0.25) is 0 Å². The molecule has 2 aliphatic rings. The predicted molar refractivity (Wildman–Crippen MR) is 113 cm³/mol. The van der Waals surface area contributed by atoms with Crippen molar-refractivity contribution in [1.82, 2.24) is 20.2 Å². The van der Waals surface area contributed by atoms with E-state index in [-0.39, 0.29) is 28.8 Å². The summed E-state index contributed by atoms with van der Waals surface area (Å²) in [6.45, 7) is 0.503. The summed E-state index contributed by atoms with van der Waals surface area (Å²) in [5, 5.41) is 12.0. The average molecular weight is 423 g/mol. The highest BCUT2D eigenvalue weighted by molar-refractivity contribution is 7.89. The van der Waals surface area contributed by atoms with Crippen LogP contribution < -0.4 is 10.0 Å². The number of carbonyl (C=O) groups excluding carboxylic acids is 1. The minimum atomic E-state index is -3.62. The molecule has 2 aliphatic heterocycles. The molecule has 8 nitrogen and oxygen atoms in total. The zero-order valence-electron chi connectivity index (χ0n) is 16.1. The Balaban J connectivity index is 1.27. The van der Waals surface area contributed by atoms with Crippen LogP contribution in [0.1, 0.15) is 34.8 Å². The van der Waals surface area contributed by atoms with E-state index in [1.807, 2.05) is 30.3 Å². The van der Waals surface area contributed by atoms with E-state index in [1.165, 1.54) is 0 Å². The number of aromatic amines is 1. The molecule has 30 heavy (non-hydrogen) atoms. The molecule has 3 heterocycles. The summed E-state index contributed by atoms with van der Waals surface area (Å²) < 4.78 is 28.6. The van der Waals surface area contributed by atoms with Gasteiger partial charge >= 0.3 is 0 Å². The van der Waals surface area contributed by atoms with Gasteiger partial charge in [-0.05, 0) is 35.7 Å². The maximum Gasteiger partial charge on any atom is 0.294 e. The molecule has 3 unspecified atom stereocenters. The molecule has 0 spiro atoms. The highest BCUT2D eigenvalue weighted by Crippen LogP contribution is 2.29. The number of aromatic nitrogens is 2. The minimum Gasteiger partial charge on any atom is -0.311 e. The van der Waals surface area contributed by atoms with E-state index >= 15 is 0 Å². The normalized spacial score (nSPS) is 24.1. The van der Waals surface area contributed by atoms with E-state index in [4.69, 9.17) is 0 Å². The Morgan fingerprint density at radius 3 is 2.70 bits per heavy atom. The Hall–Kier alpha value is -2.88. The van der Waals surface area contributed by atoms with Gasteiger partial charge in [-0.3, -0.25) is 9.89 Å². The van der Waals surface area contributed by atoms with Gasteiger partial charge in [0.1, 0.15) is 5.69 Å². The fraction of sp³-hybridized carbons (Fsp3) is 0.286. The van der Waals surface area contributed by atoms with Crippen LogP contribution in [0.5, 0.6) is 0 Å². The molecule has 0 saturated carbocycles. The lowest BCUT2D eigenvalue weighted by Gasteiger charge is -2.34. The number of amides is 1. The fourth-order valence-corrected chi connectivity index (χ4v) is 5.55. The third-order valence-electron chi connectivity index (χ3n) is 5.83. The summed E-state index contributed by atoms with van der Waals surface area (Å²) in [5.41, 5.74) is 1.27. The number of carbonyl (C=O) groups is 1. The summed E-state index contributed by atoms with van der Waals surface area (Å²) in [7, 11) is -3.62. The molecule has 1 saturated heterocycles. The highest BCUT2D eigenvalue weighted by Gasteiger charge is 2.34. The van der Waals surface area contributed by atoms with E-state index in [2.05, 4.69) is 25.2 Å². The monoisotopic (exact) mass is 423 g/mol. The molecule has 3 aromatic rings. The molecular weight excluding hydrogens is 402 g/mol. The lowest BCUT2D eigenvalue weighted by atomic mass is 9.85. The fourth-order valence-electron chi connectivity index (χ4n) is 4.24. The van der Waals surface area contributed by atoms with Crippen molar-refractivity contribution in [2.24, 2.45) is 4.99 Å². The minimum absolute atomic E-state index is 0.0607. The second-order valence-electron chi connectivity index (χ2n) is 7.73. The summed E-state index contributed by atoms with van der Waals surface area (Å²) in [6.07, 6.45) is 4.77. The molecule has 3 atom stereocenters. The Morgan fingerprint density at radius 1 is 1.07 bits per heavy atom. The molecule has 1 fully saturated rings. The number of nitrogens with one attached hydrogen (secondary N) is 3. The molecule has 154 valence electrons. The van der Waals surface area contributed by atoms with E-state index in [0.29, 0.717) is 18.7 Å². The molecular formula is C21H21N5O3S. The second-order valence-corrected chi connectivity index (χ2v) is 9.44. The SMILES string of the molecule is O=C1N=CC(C2CCC(NS(=O)(=O)c3ccc4ccccc4c3)CN2)c2cn[nH]c21. The summed E-state index contributed by atoms with van der Waals surface area (Å²) in [5.74, 6) is -0.370. The lowest BCUT2D eigenvalue weighted by molar-refractivity contribution is 0.0994. The first-order chi connectivity index (χ1) is 14.5. The van der Waals surface area contributed by atoms with Crippen LogP contribution in [0.15, 0.2) is 58.5 Å². The van der Waals surface area contributed by atoms with Crippen LogP contribution in [-0.2, 0) is 10.0 Å². The van der Waals surface area contributed by atoms with Gasteiger partial charge in [-0.25, -0.2) is 18.1 Å². The quantitative estimate of drug-likeness (QED) is 0.593. The third kappa shape index (κ3) is 3.45. The van der Waals surface area contributed by atoms with E-state index in [9.17, 15) is 13.2 Å². The smallest absolute Gasteiger partial charge is 0.294 e. The number of hydrogen-bond acceptors (Lipinski definition) is 5. The van der Waals surface area contributed by atoms with Crippen molar-refractivity contribution in [3.8, 4) is 0 Å². The van der Waals surface area contributed by atoms with Crippen molar-refractivity contribution in [2.45, 2.75) is 35.7 Å². The third-order valence-corrected chi connectivity index (χ3v) is 7.35. The Bertz CT molecular complexity index is 1240. The largest absolute Gasteiger partial charge is 0.311 e. The number of fused-ring (bicyclic) bond motifs is 2. The molecule has 5 rings (SSSR count). The molecule has 1 amide bonds. The number of H-pyrrole nitrogens is 1. The molecule has 2 aromatic carbocycles. The Labute approximate surface area is 173 Å². The predicted octanol–water partition coefficient (Wildman–Crippen LogP) is 1.97. The average Bonchev–Trinajstić information content (AvgIpc) is 3.25. The van der Waals surface area contributed by atoms with Gasteiger partial charge in [-0.2, -0.15) is 5.10 Å². The van der Waals surface area contributed by atoms with Crippen LogP contribution in [0.3, 0.4) is 0 Å². The van der Waals surface area contributed by atoms with Gasteiger partial charge in [0.05, 0.1) is 11.1 Å². The highest BCUT2D eigenvalue weighted by atomic mass is 32.2. The van der Waals surface area contributed by atoms with Crippen molar-refractivity contribution in [1.29, 1.82) is 0 Å². The number of rotatable bonds is 4. The second kappa shape index (κ2) is 7.42. The van der Waals surface area contributed by atoms with Gasteiger partial charge in [-0.1, -0.05) is 30.3 Å². The molecule has 0 bridgehead atoms. The first kappa shape index (κ1) is 19.1. The molecule has 0 aliphatic carbocycles. The number of benzene rings is 2. The zero-order valence-corrected chi connectivity index (χ0v) is 16.9. The molecule has 9 heteroatoms. The van der Waals surface area contributed by atoms with Crippen molar-refractivity contribution in [3.63, 3.8) is 0 Å². The van der Waals surface area contributed by atoms with E-state index in [1.54, 1.807) is 24.5 Å². The molecule has 1 aromatic heterocycles. The topological polar surface area (TPSA) is 116 Å². The van der Waals surface area contributed by atoms with Crippen molar-refractivity contribution >= 4 is 32.9 Å². The lowest BCUT2D eigenvalue weighted by Crippen LogP contribution is -2.51. The number of nitrogens with zero attached hydrogens (tertiary/aromatic N) is 2. The zero-order chi connectivity index (χ0) is 20.7. The van der Waals surface area contributed by atoms with Gasteiger partial charge in [0.15, 0.2) is 0 Å². The number of aliphatic imine (C=N–C) groups is 1. The van der Waals surface area contributed by atoms with Gasteiger partial charge in [0.2, 0.25) is 10.0 Å². The van der Waals surface area contributed by atoms with Crippen LogP contribution in [0, 0.1) is 0 Å². The van der Waals surface area contributed by atoms with E-state index in [0.717, 1.165) is 22.8 Å². The number of piperidine rings is 1. The molecule has 3 N–H and O–H groups in total. The summed E-state index contributed by atoms with van der Waals surface area (Å²) >= 11 is 0. The standard InChI is InChI=1S/C21H21N5O3S/c27-21-20-18(12-24-25-20)17(11-23-21)19-8-6-15(10-22-19)26-30(28,29)16-7-5-13-3-1-2-4-14(13)9-16/h1-5,7,9,11-12,15,17,19,22,26H,6,8,10H2,(H,24,25). The van der Waals surface area contributed by atoms with Crippen LogP contribution in [0.4, 0.5) is 0 Å². The van der Waals surface area contributed by atoms with Gasteiger partial charge in [0.25, 0.3) is 5.91 Å². The number of sulfonamides is 1. The molecule has 0 radical (unpaired) electrons.